The van der Waals surface area contributed by atoms with Gasteiger partial charge < -0.3 is 10.5 Å². The fourth-order valence-electron chi connectivity index (χ4n) is 1.59. The molecule has 120 valence electrons. The van der Waals surface area contributed by atoms with Gasteiger partial charge in [-0.2, -0.15) is 13.2 Å². The lowest BCUT2D eigenvalue weighted by Crippen LogP contribution is -2.33. The number of esters is 1. The summed E-state index contributed by atoms with van der Waals surface area (Å²) < 4.78 is 56.7. The second-order valence-electron chi connectivity index (χ2n) is 3.91. The Bertz CT molecular complexity index is 497. The summed E-state index contributed by atoms with van der Waals surface area (Å²) in [6.07, 6.45) is -7.15. The number of benzene rings is 1. The van der Waals surface area contributed by atoms with Crippen molar-refractivity contribution in [2.24, 2.45) is 5.73 Å². The van der Waals surface area contributed by atoms with E-state index in [4.69, 9.17) is 17.3 Å². The molecule has 3 nitrogen and oxygen atoms in total. The van der Waals surface area contributed by atoms with Gasteiger partial charge in [-0.3, -0.25) is 0 Å². The summed E-state index contributed by atoms with van der Waals surface area (Å²) in [6.45, 7) is 1.35. The first-order chi connectivity index (χ1) is 9.18. The van der Waals surface area contributed by atoms with E-state index in [0.717, 1.165) is 12.1 Å². The first-order valence-electron chi connectivity index (χ1n) is 5.61. The van der Waals surface area contributed by atoms with Gasteiger partial charge in [0.1, 0.15) is 0 Å². The number of carbonyl (C=O) groups excluding carboxylic acids is 1. The minimum Gasteiger partial charge on any atom is -0.464 e. The quantitative estimate of drug-likeness (QED) is 0.666. The van der Waals surface area contributed by atoms with Crippen LogP contribution in [0, 0.1) is 0 Å². The number of carbonyl (C=O) groups is 1. The Labute approximate surface area is 129 Å². The predicted octanol–water partition coefficient (Wildman–Crippen LogP) is 3.68. The zero-order chi connectivity index (χ0) is 15.5. The lowest BCUT2D eigenvalue weighted by molar-refractivity contribution is -0.150. The molecule has 0 aliphatic carbocycles. The molecule has 1 aromatic carbocycles. The van der Waals surface area contributed by atoms with Crippen LogP contribution in [0.4, 0.5) is 17.6 Å². The second-order valence-corrected chi connectivity index (χ2v) is 4.35. The summed E-state index contributed by atoms with van der Waals surface area (Å²) in [5, 5.41) is -0.167. The number of rotatable bonds is 4. The zero-order valence-electron chi connectivity index (χ0n) is 10.8. The van der Waals surface area contributed by atoms with Crippen molar-refractivity contribution in [1.82, 2.24) is 0 Å². The molecule has 0 radical (unpaired) electrons. The number of hydrogen-bond donors (Lipinski definition) is 1. The molecule has 0 spiro atoms. The molecule has 0 heterocycles. The number of halogens is 6. The summed E-state index contributed by atoms with van der Waals surface area (Å²) in [6, 6.07) is 0.933. The Morgan fingerprint density at radius 2 is 2.00 bits per heavy atom. The van der Waals surface area contributed by atoms with Crippen LogP contribution in [-0.4, -0.2) is 18.7 Å². The maximum atomic E-state index is 13.7. The molecule has 1 rings (SSSR count). The first kappa shape index (κ1) is 19.9. The Balaban J connectivity index is 0.00000400. The largest absolute Gasteiger partial charge is 0.464 e. The Kier molecular flexibility index (Phi) is 7.43. The van der Waals surface area contributed by atoms with E-state index < -0.39 is 35.5 Å². The molecule has 0 amide bonds. The van der Waals surface area contributed by atoms with Gasteiger partial charge in [0.25, 0.3) is 0 Å². The van der Waals surface area contributed by atoms with E-state index in [0.29, 0.717) is 6.07 Å². The summed E-state index contributed by atoms with van der Waals surface area (Å²) in [5.41, 5.74) is 3.67. The molecule has 1 unspecified atom stereocenters. The Hall–Kier alpha value is -1.05. The molecule has 2 atom stereocenters. The van der Waals surface area contributed by atoms with Crippen LogP contribution in [-0.2, 0) is 15.7 Å². The lowest BCUT2D eigenvalue weighted by atomic mass is 9.97. The molecule has 0 fully saturated rings. The third-order valence-electron chi connectivity index (χ3n) is 2.51. The van der Waals surface area contributed by atoms with Gasteiger partial charge in [0, 0.05) is 5.02 Å². The van der Waals surface area contributed by atoms with E-state index in [2.05, 4.69) is 4.74 Å². The summed E-state index contributed by atoms with van der Waals surface area (Å²) in [7, 11) is 0. The summed E-state index contributed by atoms with van der Waals surface area (Å²) >= 11 is 5.49. The molecule has 2 N–H and O–H groups in total. The van der Waals surface area contributed by atoms with Gasteiger partial charge >= 0.3 is 12.1 Å². The van der Waals surface area contributed by atoms with Crippen molar-refractivity contribution < 1.29 is 27.1 Å². The maximum Gasteiger partial charge on any atom is 0.416 e. The van der Waals surface area contributed by atoms with Crippen molar-refractivity contribution in [3.05, 3.63) is 34.3 Å². The van der Waals surface area contributed by atoms with E-state index in [-0.39, 0.29) is 24.0 Å². The zero-order valence-corrected chi connectivity index (χ0v) is 12.4. The number of hydrogen-bond acceptors (Lipinski definition) is 3. The van der Waals surface area contributed by atoms with Crippen LogP contribution >= 0.6 is 24.0 Å². The van der Waals surface area contributed by atoms with Gasteiger partial charge in [0.15, 0.2) is 0 Å². The third kappa shape index (κ3) is 5.01. The van der Waals surface area contributed by atoms with Crippen molar-refractivity contribution in [3.63, 3.8) is 0 Å². The summed E-state index contributed by atoms with van der Waals surface area (Å²) in [5.74, 6) is -1.30. The van der Waals surface area contributed by atoms with Crippen LogP contribution < -0.4 is 5.73 Å². The Morgan fingerprint density at radius 3 is 2.48 bits per heavy atom. The highest BCUT2D eigenvalue weighted by molar-refractivity contribution is 6.30. The molecule has 21 heavy (non-hydrogen) atoms. The molecule has 0 aliphatic heterocycles. The van der Waals surface area contributed by atoms with E-state index >= 15 is 0 Å². The molecule has 0 saturated heterocycles. The molecule has 0 bridgehead atoms. The highest BCUT2D eigenvalue weighted by atomic mass is 35.5. The van der Waals surface area contributed by atoms with Crippen LogP contribution in [0.5, 0.6) is 0 Å². The van der Waals surface area contributed by atoms with E-state index in [9.17, 15) is 22.4 Å². The van der Waals surface area contributed by atoms with Crippen LogP contribution in [0.2, 0.25) is 5.02 Å². The monoisotopic (exact) mass is 349 g/mol. The molecular weight excluding hydrogens is 337 g/mol. The SMILES string of the molecule is CCOC(=O)C(F)[C@H](N)c1ccc(Cl)cc1C(F)(F)F.Cl. The Morgan fingerprint density at radius 1 is 1.43 bits per heavy atom. The van der Waals surface area contributed by atoms with E-state index in [1.807, 2.05) is 0 Å². The highest BCUT2D eigenvalue weighted by Gasteiger charge is 2.38. The molecule has 0 saturated carbocycles. The standard InChI is InChI=1S/C12H12ClF4NO2.ClH/c1-2-20-11(19)9(14)10(18)7-4-3-6(13)5-8(7)12(15,16)17;/h3-5,9-10H,2,18H2,1H3;1H/t9?,10-;/m1./s1. The van der Waals surface area contributed by atoms with Gasteiger partial charge in [-0.15, -0.1) is 12.4 Å². The number of ether oxygens (including phenoxy) is 1. The molecule has 1 aromatic rings. The van der Waals surface area contributed by atoms with E-state index in [1.165, 1.54) is 6.92 Å². The predicted molar refractivity (Wildman–Crippen MR) is 72.2 cm³/mol. The van der Waals surface area contributed by atoms with Gasteiger partial charge in [-0.25, -0.2) is 9.18 Å². The lowest BCUT2D eigenvalue weighted by Gasteiger charge is -2.20. The average Bonchev–Trinajstić information content (AvgIpc) is 2.36. The van der Waals surface area contributed by atoms with Gasteiger partial charge in [0.05, 0.1) is 18.2 Å². The normalized spacial score (nSPS) is 14.0. The van der Waals surface area contributed by atoms with Crippen molar-refractivity contribution >= 4 is 30.0 Å². The van der Waals surface area contributed by atoms with Crippen LogP contribution in [0.3, 0.4) is 0 Å². The van der Waals surface area contributed by atoms with Crippen LogP contribution in [0.1, 0.15) is 24.1 Å². The third-order valence-corrected chi connectivity index (χ3v) is 2.74. The van der Waals surface area contributed by atoms with Crippen molar-refractivity contribution in [2.75, 3.05) is 6.61 Å². The van der Waals surface area contributed by atoms with Crippen LogP contribution in [0.15, 0.2) is 18.2 Å². The topological polar surface area (TPSA) is 52.3 Å². The molecular formula is C12H13Cl2F4NO2. The summed E-state index contributed by atoms with van der Waals surface area (Å²) in [4.78, 5) is 11.2. The van der Waals surface area contributed by atoms with Crippen molar-refractivity contribution in [1.29, 1.82) is 0 Å². The number of nitrogens with two attached hydrogens (primary N) is 1. The molecule has 9 heteroatoms. The fourth-order valence-corrected chi connectivity index (χ4v) is 1.76. The van der Waals surface area contributed by atoms with Gasteiger partial charge in [-0.05, 0) is 24.6 Å². The smallest absolute Gasteiger partial charge is 0.416 e. The average molecular weight is 350 g/mol. The number of alkyl halides is 4. The first-order valence-corrected chi connectivity index (χ1v) is 5.99. The second kappa shape index (κ2) is 7.82. The van der Waals surface area contributed by atoms with Crippen molar-refractivity contribution in [3.8, 4) is 0 Å². The highest BCUT2D eigenvalue weighted by Crippen LogP contribution is 2.37. The van der Waals surface area contributed by atoms with Gasteiger partial charge in [-0.1, -0.05) is 17.7 Å². The van der Waals surface area contributed by atoms with E-state index in [1.54, 1.807) is 0 Å². The van der Waals surface area contributed by atoms with Crippen molar-refractivity contribution in [2.45, 2.75) is 25.3 Å². The minimum absolute atomic E-state index is 0. The van der Waals surface area contributed by atoms with Gasteiger partial charge in [0.2, 0.25) is 6.17 Å². The fraction of sp³-hybridized carbons (Fsp3) is 0.417. The maximum absolute atomic E-state index is 13.7. The van der Waals surface area contributed by atoms with Crippen LogP contribution in [0.25, 0.3) is 0 Å². The molecule has 0 aromatic heterocycles. The minimum atomic E-state index is -4.76. The molecule has 0 aliphatic rings.